The highest BCUT2D eigenvalue weighted by Crippen LogP contribution is 2.36. The van der Waals surface area contributed by atoms with Crippen molar-refractivity contribution in [2.24, 2.45) is 0 Å². The van der Waals surface area contributed by atoms with Crippen molar-refractivity contribution in [2.75, 3.05) is 33.3 Å². The fourth-order valence-electron chi connectivity index (χ4n) is 2.72. The topological polar surface area (TPSA) is 48.0 Å². The third-order valence-electron chi connectivity index (χ3n) is 4.82. The number of anilines is 1. The molecule has 1 amide bonds. The van der Waals surface area contributed by atoms with Gasteiger partial charge >= 0.3 is 0 Å². The molecule has 1 aromatic rings. The summed E-state index contributed by atoms with van der Waals surface area (Å²) in [5.41, 5.74) is 2.84. The molecule has 29 heavy (non-hydrogen) atoms. The molecule has 0 aliphatic heterocycles. The van der Waals surface area contributed by atoms with Crippen LogP contribution in [-0.2, 0) is 20.7 Å². The predicted molar refractivity (Wildman–Crippen MR) is 120 cm³/mol. The van der Waals surface area contributed by atoms with Crippen LogP contribution in [0.1, 0.15) is 39.2 Å². The van der Waals surface area contributed by atoms with E-state index in [1.165, 1.54) is 5.57 Å². The molecule has 0 aliphatic rings. The van der Waals surface area contributed by atoms with Gasteiger partial charge in [-0.3, -0.25) is 4.79 Å². The normalized spacial score (nSPS) is 14.1. The van der Waals surface area contributed by atoms with E-state index in [-0.39, 0.29) is 18.1 Å². The molecule has 1 aromatic carbocycles. The number of halogens is 1. The Hall–Kier alpha value is -1.82. The lowest BCUT2D eigenvalue weighted by Crippen LogP contribution is -2.27. The number of hydrogen-bond donors (Lipinski definition) is 0. The van der Waals surface area contributed by atoms with Gasteiger partial charge in [0.05, 0.1) is 25.0 Å². The Morgan fingerprint density at radius 2 is 1.90 bits per heavy atom. The molecule has 0 radical (unpaired) electrons. The third-order valence-corrected chi connectivity index (χ3v) is 5.20. The molecule has 0 bridgehead atoms. The van der Waals surface area contributed by atoms with Gasteiger partial charge in [-0.1, -0.05) is 35.4 Å². The first-order valence-electron chi connectivity index (χ1n) is 9.75. The molecule has 0 aliphatic carbocycles. The summed E-state index contributed by atoms with van der Waals surface area (Å²) in [6.45, 7) is 5.99. The second-order valence-corrected chi connectivity index (χ2v) is 7.56. The molecule has 162 valence electrons. The standard InChI is InChI=1S/C23H34ClNO4/c1-16(9-8-10-17(2)27-5)13-19-14-20(23(24)21(15-19)29-7)25(4)22(26)12-11-18(3)28-6/h8-10,14-15,17-18H,11-13H2,1-7H3/b10-8+,16-9+/t17-,18-/m0/s1. The zero-order valence-electron chi connectivity index (χ0n) is 18.6. The van der Waals surface area contributed by atoms with Gasteiger partial charge in [-0.2, -0.15) is 0 Å². The van der Waals surface area contributed by atoms with Crippen LogP contribution in [-0.4, -0.2) is 46.5 Å². The van der Waals surface area contributed by atoms with Crippen LogP contribution in [0.15, 0.2) is 35.9 Å². The third kappa shape index (κ3) is 8.21. The minimum Gasteiger partial charge on any atom is -0.495 e. The quantitative estimate of drug-likeness (QED) is 0.458. The van der Waals surface area contributed by atoms with Gasteiger partial charge < -0.3 is 19.1 Å². The predicted octanol–water partition coefficient (Wildman–Crippen LogP) is 5.21. The fraction of sp³-hybridized carbons (Fsp3) is 0.522. The number of carbonyl (C=O) groups is 1. The molecule has 0 aromatic heterocycles. The van der Waals surface area contributed by atoms with Crippen LogP contribution in [0.2, 0.25) is 5.02 Å². The smallest absolute Gasteiger partial charge is 0.226 e. The Morgan fingerprint density at radius 3 is 2.48 bits per heavy atom. The molecule has 0 saturated heterocycles. The van der Waals surface area contributed by atoms with Crippen LogP contribution in [0.4, 0.5) is 5.69 Å². The van der Waals surface area contributed by atoms with Crippen LogP contribution in [0.5, 0.6) is 5.75 Å². The summed E-state index contributed by atoms with van der Waals surface area (Å²) >= 11 is 6.50. The largest absolute Gasteiger partial charge is 0.495 e. The summed E-state index contributed by atoms with van der Waals surface area (Å²) in [4.78, 5) is 14.2. The van der Waals surface area contributed by atoms with E-state index in [0.717, 1.165) is 12.0 Å². The summed E-state index contributed by atoms with van der Waals surface area (Å²) in [6, 6.07) is 3.86. The van der Waals surface area contributed by atoms with E-state index in [1.807, 2.05) is 38.1 Å². The lowest BCUT2D eigenvalue weighted by atomic mass is 10.0. The number of methoxy groups -OCH3 is 3. The summed E-state index contributed by atoms with van der Waals surface area (Å²) < 4.78 is 15.9. The van der Waals surface area contributed by atoms with Gasteiger partial charge in [-0.05, 0) is 51.3 Å². The summed E-state index contributed by atoms with van der Waals surface area (Å²) in [5.74, 6) is 0.541. The molecule has 2 atom stereocenters. The average Bonchev–Trinajstić information content (AvgIpc) is 2.71. The maximum absolute atomic E-state index is 12.6. The number of amides is 1. The van der Waals surface area contributed by atoms with E-state index in [0.29, 0.717) is 29.3 Å². The second kappa shape index (κ2) is 12.7. The van der Waals surface area contributed by atoms with Crippen LogP contribution in [0.25, 0.3) is 0 Å². The highest BCUT2D eigenvalue weighted by atomic mass is 35.5. The van der Waals surface area contributed by atoms with Gasteiger partial charge in [-0.25, -0.2) is 0 Å². The first-order chi connectivity index (χ1) is 13.7. The molecule has 6 heteroatoms. The minimum atomic E-state index is -0.0150. The number of allylic oxidation sites excluding steroid dienone is 3. The van der Waals surface area contributed by atoms with E-state index >= 15 is 0 Å². The molecule has 1 rings (SSSR count). The molecule has 0 unspecified atom stereocenters. The van der Waals surface area contributed by atoms with Crippen molar-refractivity contribution >= 4 is 23.2 Å². The summed E-state index contributed by atoms with van der Waals surface area (Å²) in [6.07, 6.45) is 7.89. The van der Waals surface area contributed by atoms with Gasteiger partial charge in [0.2, 0.25) is 5.91 Å². The average molecular weight is 424 g/mol. The zero-order chi connectivity index (χ0) is 22.0. The SMILES string of the molecule is COc1cc(C/C(C)=C/C=C/[C@H](C)OC)cc(N(C)C(=O)CC[C@H](C)OC)c1Cl. The molecule has 5 nitrogen and oxygen atoms in total. The molecular formula is C23H34ClNO4. The van der Waals surface area contributed by atoms with Crippen molar-refractivity contribution in [1.82, 2.24) is 0 Å². The summed E-state index contributed by atoms with van der Waals surface area (Å²) in [7, 11) is 6.64. The number of benzene rings is 1. The van der Waals surface area contributed by atoms with Crippen LogP contribution < -0.4 is 9.64 Å². The Kier molecular flexibility index (Phi) is 11.0. The highest BCUT2D eigenvalue weighted by molar-refractivity contribution is 6.35. The van der Waals surface area contributed by atoms with E-state index in [2.05, 4.69) is 13.0 Å². The van der Waals surface area contributed by atoms with Crippen molar-refractivity contribution in [1.29, 1.82) is 0 Å². The molecule has 0 heterocycles. The van der Waals surface area contributed by atoms with Gasteiger partial charge in [0, 0.05) is 27.7 Å². The Bertz CT molecular complexity index is 730. The van der Waals surface area contributed by atoms with Crippen molar-refractivity contribution in [3.63, 3.8) is 0 Å². The first kappa shape index (κ1) is 25.2. The molecule has 0 saturated carbocycles. The maximum Gasteiger partial charge on any atom is 0.226 e. The minimum absolute atomic E-state index is 0.0150. The van der Waals surface area contributed by atoms with Crippen molar-refractivity contribution in [2.45, 2.75) is 52.2 Å². The fourth-order valence-corrected chi connectivity index (χ4v) is 3.03. The number of hydrogen-bond acceptors (Lipinski definition) is 4. The summed E-state index contributed by atoms with van der Waals surface area (Å²) in [5, 5.41) is 0.433. The molecule has 0 fully saturated rings. The lowest BCUT2D eigenvalue weighted by molar-refractivity contribution is -0.118. The van der Waals surface area contributed by atoms with E-state index < -0.39 is 0 Å². The molecular weight excluding hydrogens is 390 g/mol. The van der Waals surface area contributed by atoms with Crippen LogP contribution >= 0.6 is 11.6 Å². The zero-order valence-corrected chi connectivity index (χ0v) is 19.4. The monoisotopic (exact) mass is 423 g/mol. The highest BCUT2D eigenvalue weighted by Gasteiger charge is 2.19. The second-order valence-electron chi connectivity index (χ2n) is 7.18. The van der Waals surface area contributed by atoms with Crippen molar-refractivity contribution in [3.8, 4) is 5.75 Å². The Balaban J connectivity index is 3.04. The Morgan fingerprint density at radius 1 is 1.21 bits per heavy atom. The van der Waals surface area contributed by atoms with Gasteiger partial charge in [0.1, 0.15) is 10.8 Å². The lowest BCUT2D eigenvalue weighted by Gasteiger charge is -2.22. The van der Waals surface area contributed by atoms with E-state index in [4.69, 9.17) is 25.8 Å². The number of nitrogens with zero attached hydrogens (tertiary/aromatic N) is 1. The maximum atomic E-state index is 12.6. The first-order valence-corrected chi connectivity index (χ1v) is 10.1. The molecule has 0 N–H and O–H groups in total. The van der Waals surface area contributed by atoms with Crippen molar-refractivity contribution < 1.29 is 19.0 Å². The van der Waals surface area contributed by atoms with Crippen molar-refractivity contribution in [3.05, 3.63) is 46.5 Å². The van der Waals surface area contributed by atoms with Crippen LogP contribution in [0, 0.1) is 0 Å². The number of ether oxygens (including phenoxy) is 3. The van der Waals surface area contributed by atoms with Gasteiger partial charge in [0.15, 0.2) is 0 Å². The van der Waals surface area contributed by atoms with E-state index in [9.17, 15) is 4.79 Å². The van der Waals surface area contributed by atoms with Gasteiger partial charge in [0.25, 0.3) is 0 Å². The number of carbonyl (C=O) groups excluding carboxylic acids is 1. The van der Waals surface area contributed by atoms with Crippen LogP contribution in [0.3, 0.4) is 0 Å². The molecule has 0 spiro atoms. The van der Waals surface area contributed by atoms with E-state index in [1.54, 1.807) is 33.3 Å². The number of rotatable bonds is 11. The van der Waals surface area contributed by atoms with Gasteiger partial charge in [-0.15, -0.1) is 0 Å². The Labute approximate surface area is 180 Å².